The van der Waals surface area contributed by atoms with Gasteiger partial charge in [0, 0.05) is 12.0 Å². The molecule has 8 nitrogen and oxygen atoms in total. The Morgan fingerprint density at radius 3 is 2.70 bits per heavy atom. The topological polar surface area (TPSA) is 123 Å². The van der Waals surface area contributed by atoms with Gasteiger partial charge in [0.2, 0.25) is 0 Å². The number of piperidine rings is 2. The van der Waals surface area contributed by atoms with Crippen LogP contribution in [0.2, 0.25) is 0 Å². The predicted molar refractivity (Wildman–Crippen MR) is 78.3 cm³/mol. The molecule has 8 heteroatoms. The van der Waals surface area contributed by atoms with E-state index in [9.17, 15) is 14.7 Å². The second-order valence-corrected chi connectivity index (χ2v) is 7.10. The molecule has 4 saturated heterocycles. The quantitative estimate of drug-likeness (QED) is 0.491. The third kappa shape index (κ3) is 2.58. The van der Waals surface area contributed by atoms with E-state index in [1.54, 1.807) is 0 Å². The van der Waals surface area contributed by atoms with Crippen LogP contribution >= 0.6 is 0 Å². The summed E-state index contributed by atoms with van der Waals surface area (Å²) in [5.74, 6) is -1.67. The summed E-state index contributed by atoms with van der Waals surface area (Å²) in [5, 5.41) is 15.7. The van der Waals surface area contributed by atoms with Gasteiger partial charge in [-0.25, -0.2) is 0 Å². The molecule has 0 saturated carbocycles. The van der Waals surface area contributed by atoms with Crippen molar-refractivity contribution in [3.8, 4) is 0 Å². The molecule has 0 aromatic heterocycles. The highest BCUT2D eigenvalue weighted by Crippen LogP contribution is 2.36. The Labute approximate surface area is 134 Å². The molecule has 0 bridgehead atoms. The van der Waals surface area contributed by atoms with Gasteiger partial charge in [0.25, 0.3) is 0 Å². The predicted octanol–water partition coefficient (Wildman–Crippen LogP) is -1.36. The summed E-state index contributed by atoms with van der Waals surface area (Å²) in [6, 6.07) is -0.0654. The zero-order valence-corrected chi connectivity index (χ0v) is 12.8. The molecule has 4 heterocycles. The molecule has 4 fully saturated rings. The summed E-state index contributed by atoms with van der Waals surface area (Å²) in [7, 11) is 0. The van der Waals surface area contributed by atoms with Crippen molar-refractivity contribution in [2.45, 2.75) is 49.8 Å². The number of nitrogens with two attached hydrogens (primary N) is 1. The van der Waals surface area contributed by atoms with Crippen molar-refractivity contribution >= 4 is 11.8 Å². The number of carboxylic acids is 1. The Balaban J connectivity index is 1.49. The van der Waals surface area contributed by atoms with Crippen molar-refractivity contribution in [1.29, 1.82) is 0 Å². The van der Waals surface area contributed by atoms with Crippen LogP contribution in [0.5, 0.6) is 0 Å². The Morgan fingerprint density at radius 2 is 2.04 bits per heavy atom. The number of carboxylic acid groups (broad SMARTS) is 1. The summed E-state index contributed by atoms with van der Waals surface area (Å²) in [6.07, 6.45) is 0.697. The highest BCUT2D eigenvalue weighted by atomic mass is 16.5. The van der Waals surface area contributed by atoms with Gasteiger partial charge in [0.05, 0.1) is 43.4 Å². The molecule has 4 aliphatic heterocycles. The van der Waals surface area contributed by atoms with E-state index in [-0.39, 0.29) is 30.4 Å². The number of aliphatic carboxylic acids is 1. The third-order valence-electron chi connectivity index (χ3n) is 5.73. The zero-order chi connectivity index (χ0) is 16.1. The lowest BCUT2D eigenvalue weighted by Gasteiger charge is -2.50. The molecular formula is C15H23N3O5. The van der Waals surface area contributed by atoms with E-state index in [0.717, 1.165) is 26.1 Å². The number of Topliss-reactive ketones (excluding diaryl/α,β-unsaturated/α-hetero) is 1. The van der Waals surface area contributed by atoms with Gasteiger partial charge >= 0.3 is 5.97 Å². The first-order valence-electron chi connectivity index (χ1n) is 8.32. The smallest absolute Gasteiger partial charge is 0.309 e. The largest absolute Gasteiger partial charge is 0.481 e. The second kappa shape index (κ2) is 5.78. The molecule has 128 valence electrons. The molecule has 5 N–H and O–H groups in total. The molecular weight excluding hydrogens is 302 g/mol. The average Bonchev–Trinajstić information content (AvgIpc) is 2.45. The van der Waals surface area contributed by atoms with Crippen molar-refractivity contribution in [1.82, 2.24) is 10.6 Å². The fraction of sp³-hybridized carbons (Fsp3) is 0.867. The van der Waals surface area contributed by atoms with Gasteiger partial charge in [0.15, 0.2) is 5.78 Å². The van der Waals surface area contributed by atoms with Gasteiger partial charge in [-0.15, -0.1) is 0 Å². The monoisotopic (exact) mass is 325 g/mol. The fourth-order valence-electron chi connectivity index (χ4n) is 4.24. The normalized spacial score (nSPS) is 47.3. The number of nitrogens with one attached hydrogen (secondary N) is 2. The average molecular weight is 325 g/mol. The van der Waals surface area contributed by atoms with Crippen LogP contribution in [0.4, 0.5) is 0 Å². The van der Waals surface area contributed by atoms with Crippen LogP contribution in [0, 0.1) is 17.8 Å². The lowest BCUT2D eigenvalue weighted by molar-refractivity contribution is -0.178. The van der Waals surface area contributed by atoms with E-state index >= 15 is 0 Å². The lowest BCUT2D eigenvalue weighted by atomic mass is 9.76. The van der Waals surface area contributed by atoms with Crippen LogP contribution in [0.1, 0.15) is 19.3 Å². The molecule has 4 aliphatic rings. The van der Waals surface area contributed by atoms with E-state index in [1.807, 2.05) is 0 Å². The molecule has 0 radical (unpaired) electrons. The summed E-state index contributed by atoms with van der Waals surface area (Å²) < 4.78 is 11.3. The maximum absolute atomic E-state index is 12.9. The number of hydrogen-bond acceptors (Lipinski definition) is 7. The molecule has 7 atom stereocenters. The minimum absolute atomic E-state index is 0.0573. The summed E-state index contributed by atoms with van der Waals surface area (Å²) >= 11 is 0. The number of carbonyl (C=O) groups excluding carboxylic acids is 1. The Morgan fingerprint density at radius 1 is 1.26 bits per heavy atom. The lowest BCUT2D eigenvalue weighted by Crippen LogP contribution is -2.70. The van der Waals surface area contributed by atoms with Crippen LogP contribution in [0.25, 0.3) is 0 Å². The van der Waals surface area contributed by atoms with Crippen LogP contribution in [0.3, 0.4) is 0 Å². The van der Waals surface area contributed by atoms with Crippen LogP contribution in [-0.2, 0) is 19.1 Å². The van der Waals surface area contributed by atoms with Gasteiger partial charge < -0.3 is 25.6 Å². The molecule has 7 unspecified atom stereocenters. The number of hydrogen-bond donors (Lipinski definition) is 4. The van der Waals surface area contributed by atoms with E-state index < -0.39 is 30.2 Å². The van der Waals surface area contributed by atoms with E-state index in [2.05, 4.69) is 10.6 Å². The van der Waals surface area contributed by atoms with Gasteiger partial charge in [-0.1, -0.05) is 0 Å². The van der Waals surface area contributed by atoms with Crippen molar-refractivity contribution in [3.05, 3.63) is 0 Å². The summed E-state index contributed by atoms with van der Waals surface area (Å²) in [4.78, 5) is 24.2. The molecule has 0 amide bonds. The third-order valence-corrected chi connectivity index (χ3v) is 5.73. The maximum atomic E-state index is 12.9. The van der Waals surface area contributed by atoms with Crippen molar-refractivity contribution < 1.29 is 24.2 Å². The number of fused-ring (bicyclic) bond motifs is 2. The van der Waals surface area contributed by atoms with Crippen LogP contribution in [-0.4, -0.2) is 60.7 Å². The number of ether oxygens (including phenoxy) is 2. The van der Waals surface area contributed by atoms with Gasteiger partial charge in [-0.05, 0) is 19.3 Å². The Hall–Kier alpha value is -1.06. The molecule has 4 rings (SSSR count). The molecule has 0 aromatic rings. The van der Waals surface area contributed by atoms with E-state index in [0.29, 0.717) is 5.92 Å². The minimum atomic E-state index is -0.973. The maximum Gasteiger partial charge on any atom is 0.309 e. The van der Waals surface area contributed by atoms with Crippen molar-refractivity contribution in [2.75, 3.05) is 13.2 Å². The van der Waals surface area contributed by atoms with Crippen molar-refractivity contribution in [3.63, 3.8) is 0 Å². The van der Waals surface area contributed by atoms with Gasteiger partial charge in [-0.3, -0.25) is 14.9 Å². The highest BCUT2D eigenvalue weighted by molar-refractivity contribution is 5.89. The SMILES string of the molecule is NC1NC2OC3CCC(C4COC4)NC3C(=O)C2CC1C(=O)O. The molecule has 23 heavy (non-hydrogen) atoms. The van der Waals surface area contributed by atoms with Crippen molar-refractivity contribution in [2.24, 2.45) is 23.5 Å². The van der Waals surface area contributed by atoms with E-state index in [4.69, 9.17) is 15.2 Å². The van der Waals surface area contributed by atoms with Crippen LogP contribution in [0.15, 0.2) is 0 Å². The Kier molecular flexibility index (Phi) is 3.89. The summed E-state index contributed by atoms with van der Waals surface area (Å²) in [5.41, 5.74) is 5.88. The zero-order valence-electron chi connectivity index (χ0n) is 12.8. The molecule has 0 aliphatic carbocycles. The highest BCUT2D eigenvalue weighted by Gasteiger charge is 2.52. The summed E-state index contributed by atoms with van der Waals surface area (Å²) in [6.45, 7) is 1.49. The van der Waals surface area contributed by atoms with Crippen LogP contribution < -0.4 is 16.4 Å². The second-order valence-electron chi connectivity index (χ2n) is 7.10. The molecule has 0 spiro atoms. The first-order chi connectivity index (χ1) is 11.0. The first-order valence-corrected chi connectivity index (χ1v) is 8.32. The number of rotatable bonds is 2. The van der Waals surface area contributed by atoms with Gasteiger partial charge in [0.1, 0.15) is 6.23 Å². The van der Waals surface area contributed by atoms with E-state index in [1.165, 1.54) is 0 Å². The standard InChI is InChI=1S/C15H23N3O5/c16-13-8(15(20)21)3-7-12(19)11-10(23-14(7)18-13)2-1-9(17-11)6-4-22-5-6/h6-11,13-14,17-18H,1-5,16H2,(H,20,21). The Bertz CT molecular complexity index is 511. The number of carbonyl (C=O) groups is 2. The minimum Gasteiger partial charge on any atom is -0.481 e. The first kappa shape index (κ1) is 15.5. The fourth-order valence-corrected chi connectivity index (χ4v) is 4.24. The number of ketones is 1. The van der Waals surface area contributed by atoms with Gasteiger partial charge in [-0.2, -0.15) is 0 Å². The molecule has 0 aromatic carbocycles.